The van der Waals surface area contributed by atoms with Gasteiger partial charge in [0.2, 0.25) is 5.91 Å². The lowest BCUT2D eigenvalue weighted by Gasteiger charge is -2.50. The van der Waals surface area contributed by atoms with Gasteiger partial charge in [-0.25, -0.2) is 0 Å². The first-order chi connectivity index (χ1) is 16.3. The molecule has 8 heteroatoms. The molecule has 1 fully saturated rings. The summed E-state index contributed by atoms with van der Waals surface area (Å²) in [6.45, 7) is 7.36. The van der Waals surface area contributed by atoms with Gasteiger partial charge in [-0.3, -0.25) is 14.4 Å². The topological polar surface area (TPSA) is 86.5 Å². The number of hydrogen-bond donors (Lipinski definition) is 1. The summed E-state index contributed by atoms with van der Waals surface area (Å²) in [4.78, 5) is 39.5. The second kappa shape index (κ2) is 9.68. The number of quaternary nitrogens is 1. The Morgan fingerprint density at radius 3 is 2.40 bits per heavy atom. The summed E-state index contributed by atoms with van der Waals surface area (Å²) in [5, 5.41) is 0.633. The van der Waals surface area contributed by atoms with Crippen LogP contribution in [0.15, 0.2) is 24.3 Å². The number of fused-ring (bicyclic) bond motifs is 1. The highest BCUT2D eigenvalue weighted by molar-refractivity contribution is 7.12. The summed E-state index contributed by atoms with van der Waals surface area (Å²) in [5.41, 5.74) is 7.76. The Labute approximate surface area is 216 Å². The minimum atomic E-state index is -0.468. The fourth-order valence-corrected chi connectivity index (χ4v) is 6.87. The third-order valence-corrected chi connectivity index (χ3v) is 8.66. The van der Waals surface area contributed by atoms with Crippen LogP contribution in [0.1, 0.15) is 64.9 Å². The average Bonchev–Trinajstić information content (AvgIpc) is 3.03. The lowest BCUT2D eigenvalue weighted by molar-refractivity contribution is -0.953. The first-order valence-corrected chi connectivity index (χ1v) is 13.3. The predicted molar refractivity (Wildman–Crippen MR) is 138 cm³/mol. The minimum Gasteiger partial charge on any atom is -0.460 e. The summed E-state index contributed by atoms with van der Waals surface area (Å²) < 4.78 is 6.40. The second-order valence-electron chi connectivity index (χ2n) is 11.2. The number of nitrogens with zero attached hydrogens (tertiary/aromatic N) is 1. The van der Waals surface area contributed by atoms with Gasteiger partial charge in [0, 0.05) is 42.0 Å². The van der Waals surface area contributed by atoms with E-state index in [1.807, 2.05) is 32.9 Å². The molecule has 0 bridgehead atoms. The van der Waals surface area contributed by atoms with Crippen LogP contribution < -0.4 is 5.73 Å². The number of Topliss-reactive ketones (excluding diaryl/α,β-unsaturated/α-hetero) is 1. The summed E-state index contributed by atoms with van der Waals surface area (Å²) in [6.07, 6.45) is 2.88. The number of nitrogens with two attached hydrogens (primary N) is 1. The molecule has 188 valence electrons. The van der Waals surface area contributed by atoms with E-state index in [1.165, 1.54) is 0 Å². The molecule has 1 unspecified atom stereocenters. The minimum absolute atomic E-state index is 0.0406. The van der Waals surface area contributed by atoms with Gasteiger partial charge in [0.25, 0.3) is 0 Å². The normalized spacial score (nSPS) is 23.8. The van der Waals surface area contributed by atoms with Crippen molar-refractivity contribution in [1.82, 2.24) is 0 Å². The Hall–Kier alpha value is -2.22. The number of hydrogen-bond acceptors (Lipinski definition) is 5. The van der Waals surface area contributed by atoms with Crippen LogP contribution in [0.3, 0.4) is 0 Å². The number of amides is 1. The Balaban J connectivity index is 1.45. The summed E-state index contributed by atoms with van der Waals surface area (Å²) in [7, 11) is 2.23. The van der Waals surface area contributed by atoms with E-state index in [-0.39, 0.29) is 24.1 Å². The first kappa shape index (κ1) is 25.9. The highest BCUT2D eigenvalue weighted by Crippen LogP contribution is 2.43. The number of halogens is 1. The third-order valence-electron chi connectivity index (χ3n) is 7.19. The molecule has 2 heterocycles. The second-order valence-corrected chi connectivity index (χ2v) is 12.8. The van der Waals surface area contributed by atoms with Crippen LogP contribution in [0.5, 0.6) is 0 Å². The molecular weight excluding hydrogens is 484 g/mol. The van der Waals surface area contributed by atoms with Crippen molar-refractivity contribution in [2.24, 2.45) is 11.7 Å². The largest absolute Gasteiger partial charge is 0.460 e. The molecule has 1 atom stereocenters. The van der Waals surface area contributed by atoms with Crippen LogP contribution in [0.4, 0.5) is 0 Å². The molecule has 6 nitrogen and oxygen atoms in total. The number of benzene rings is 1. The summed E-state index contributed by atoms with van der Waals surface area (Å²) in [6, 6.07) is 7.63. The van der Waals surface area contributed by atoms with E-state index in [1.54, 1.807) is 23.5 Å². The smallest absolute Gasteiger partial charge is 0.309 e. The van der Waals surface area contributed by atoms with Gasteiger partial charge < -0.3 is 15.0 Å². The Morgan fingerprint density at radius 1 is 1.14 bits per heavy atom. The third kappa shape index (κ3) is 5.79. The predicted octanol–water partition coefficient (Wildman–Crippen LogP) is 4.48. The Bertz CT molecular complexity index is 1150. The maximum Gasteiger partial charge on any atom is 0.309 e. The fourth-order valence-electron chi connectivity index (χ4n) is 5.20. The highest BCUT2D eigenvalue weighted by Gasteiger charge is 2.49. The van der Waals surface area contributed by atoms with E-state index in [9.17, 15) is 14.4 Å². The van der Waals surface area contributed by atoms with Gasteiger partial charge in [-0.1, -0.05) is 23.7 Å². The molecule has 1 saturated carbocycles. The molecule has 35 heavy (non-hydrogen) atoms. The van der Waals surface area contributed by atoms with Gasteiger partial charge >= 0.3 is 5.97 Å². The maximum absolute atomic E-state index is 12.8. The highest BCUT2D eigenvalue weighted by atomic mass is 35.5. The molecule has 0 radical (unpaired) electrons. The molecule has 2 aliphatic rings. The summed E-state index contributed by atoms with van der Waals surface area (Å²) in [5.74, 6) is -0.556. The molecule has 1 aliphatic carbocycles. The molecule has 1 aromatic carbocycles. The number of ether oxygens (including phenoxy) is 1. The van der Waals surface area contributed by atoms with Gasteiger partial charge in [-0.05, 0) is 44.0 Å². The molecule has 2 aromatic rings. The van der Waals surface area contributed by atoms with Gasteiger partial charge in [-0.15, -0.1) is 11.3 Å². The maximum atomic E-state index is 12.8. The van der Waals surface area contributed by atoms with Gasteiger partial charge in [0.15, 0.2) is 0 Å². The van der Waals surface area contributed by atoms with Crippen LogP contribution in [0.2, 0.25) is 5.02 Å². The van der Waals surface area contributed by atoms with E-state index in [0.29, 0.717) is 23.0 Å². The number of carbonyl (C=O) groups excluding carboxylic acids is 3. The number of thiophene rings is 1. The molecule has 0 saturated heterocycles. The Kier molecular flexibility index (Phi) is 7.15. The molecule has 1 aliphatic heterocycles. The molecule has 1 aromatic heterocycles. The van der Waals surface area contributed by atoms with E-state index < -0.39 is 11.5 Å². The van der Waals surface area contributed by atoms with Gasteiger partial charge in [0.1, 0.15) is 17.9 Å². The average molecular weight is 518 g/mol. The van der Waals surface area contributed by atoms with Crippen molar-refractivity contribution in [1.29, 1.82) is 0 Å². The van der Waals surface area contributed by atoms with E-state index in [0.717, 1.165) is 57.7 Å². The van der Waals surface area contributed by atoms with Crippen molar-refractivity contribution in [2.75, 3.05) is 13.6 Å². The van der Waals surface area contributed by atoms with E-state index >= 15 is 0 Å². The fraction of sp³-hybridized carbons (Fsp3) is 0.519. The zero-order chi connectivity index (χ0) is 25.5. The van der Waals surface area contributed by atoms with Gasteiger partial charge in [-0.2, -0.15) is 0 Å². The number of esters is 1. The van der Waals surface area contributed by atoms with Crippen LogP contribution in [-0.4, -0.2) is 47.4 Å². The summed E-state index contributed by atoms with van der Waals surface area (Å²) >= 11 is 7.49. The standard InChI is InChI=1S/C27H33ClN2O4S/c1-27(2,3)34-26(33)17-12-19(13-17)30(4)10-9-21-23(15-30)35-22(24(21)25(29)32)14-20(31)11-16-5-7-18(28)8-6-16/h5-8,17,19H,9-15H2,1-4H3,(H-,29,32)/p+1. The van der Waals surface area contributed by atoms with Crippen molar-refractivity contribution in [3.8, 4) is 0 Å². The molecule has 2 N–H and O–H groups in total. The monoisotopic (exact) mass is 517 g/mol. The molecule has 1 amide bonds. The zero-order valence-electron chi connectivity index (χ0n) is 20.9. The number of carbonyl (C=O) groups is 3. The van der Waals surface area contributed by atoms with Crippen molar-refractivity contribution in [3.63, 3.8) is 0 Å². The van der Waals surface area contributed by atoms with Crippen LogP contribution in [-0.2, 0) is 40.1 Å². The number of primary amides is 1. The van der Waals surface area contributed by atoms with Crippen LogP contribution in [0.25, 0.3) is 0 Å². The van der Waals surface area contributed by atoms with Crippen LogP contribution in [0, 0.1) is 5.92 Å². The zero-order valence-corrected chi connectivity index (χ0v) is 22.4. The van der Waals surface area contributed by atoms with Crippen molar-refractivity contribution in [3.05, 3.63) is 55.7 Å². The lowest BCUT2D eigenvalue weighted by atomic mass is 9.77. The molecule has 4 rings (SSSR count). The quantitative estimate of drug-likeness (QED) is 0.433. The Morgan fingerprint density at radius 2 is 1.80 bits per heavy atom. The van der Waals surface area contributed by atoms with Gasteiger partial charge in [0.05, 0.1) is 36.0 Å². The molecule has 0 spiro atoms. The van der Waals surface area contributed by atoms with E-state index in [4.69, 9.17) is 22.1 Å². The van der Waals surface area contributed by atoms with Crippen LogP contribution >= 0.6 is 22.9 Å². The number of ketones is 1. The van der Waals surface area contributed by atoms with Crippen molar-refractivity contribution in [2.45, 2.75) is 71.1 Å². The molecular formula is C27H34ClN2O4S+. The number of likely N-dealkylation sites (N-methyl/N-ethyl adjacent to an activating group) is 1. The number of rotatable bonds is 7. The lowest BCUT2D eigenvalue weighted by Crippen LogP contribution is -2.60. The van der Waals surface area contributed by atoms with Crippen molar-refractivity contribution >= 4 is 40.6 Å². The van der Waals surface area contributed by atoms with E-state index in [2.05, 4.69) is 7.05 Å². The van der Waals surface area contributed by atoms with Crippen molar-refractivity contribution < 1.29 is 23.6 Å². The SMILES string of the molecule is CC(C)(C)OC(=O)C1CC([N+]2(C)CCc3c(sc(CC(=O)Cc4ccc(Cl)cc4)c3C(N)=O)C2)C1. The first-order valence-electron chi connectivity index (χ1n) is 12.1.